The number of benzene rings is 1. The summed E-state index contributed by atoms with van der Waals surface area (Å²) < 4.78 is 1.46. The highest BCUT2D eigenvalue weighted by atomic mass is 16.3. The first-order valence-electron chi connectivity index (χ1n) is 8.16. The van der Waals surface area contributed by atoms with Crippen LogP contribution >= 0.6 is 0 Å². The predicted octanol–water partition coefficient (Wildman–Crippen LogP) is 4.27. The summed E-state index contributed by atoms with van der Waals surface area (Å²) in [5.41, 5.74) is 1.37. The molecule has 0 aliphatic heterocycles. The minimum absolute atomic E-state index is 0.0510. The van der Waals surface area contributed by atoms with Gasteiger partial charge in [0.2, 0.25) is 11.8 Å². The van der Waals surface area contributed by atoms with Crippen LogP contribution in [0.5, 0.6) is 11.8 Å². The van der Waals surface area contributed by atoms with Crippen LogP contribution in [0.15, 0.2) is 36.4 Å². The van der Waals surface area contributed by atoms with Gasteiger partial charge >= 0.3 is 0 Å². The lowest BCUT2D eigenvalue weighted by Gasteiger charge is -2.32. The van der Waals surface area contributed by atoms with Gasteiger partial charge in [0.25, 0.3) is 0 Å². The number of hydrogen-bond acceptors (Lipinski definition) is 3. The van der Waals surface area contributed by atoms with Gasteiger partial charge < -0.3 is 15.5 Å². The maximum absolute atomic E-state index is 10.5. The van der Waals surface area contributed by atoms with Crippen molar-refractivity contribution in [3.63, 3.8) is 0 Å². The molecule has 0 bridgehead atoms. The van der Waals surface area contributed by atoms with E-state index < -0.39 is 0 Å². The summed E-state index contributed by atoms with van der Waals surface area (Å²) in [5, 5.41) is 24.1. The highest BCUT2D eigenvalue weighted by molar-refractivity contribution is 5.61. The fraction of sp³-hybridized carbons (Fsp3) is 0.444. The van der Waals surface area contributed by atoms with Crippen molar-refractivity contribution in [3.8, 4) is 17.4 Å². The van der Waals surface area contributed by atoms with Crippen LogP contribution in [-0.4, -0.2) is 20.8 Å². The Morgan fingerprint density at radius 2 is 1.86 bits per heavy atom. The molecule has 0 spiro atoms. The van der Waals surface area contributed by atoms with Crippen molar-refractivity contribution in [3.05, 3.63) is 36.4 Å². The minimum atomic E-state index is 0.0510. The van der Waals surface area contributed by atoms with Gasteiger partial charge in [-0.15, -0.1) is 0 Å². The average molecular weight is 300 g/mol. The Morgan fingerprint density at radius 3 is 2.59 bits per heavy atom. The summed E-state index contributed by atoms with van der Waals surface area (Å²) in [6.45, 7) is 2.22. The summed E-state index contributed by atoms with van der Waals surface area (Å²) in [4.78, 5) is 0. The summed E-state index contributed by atoms with van der Waals surface area (Å²) in [6.07, 6.45) is 6.01. The molecule has 3 rings (SSSR count). The Balaban J connectivity index is 1.86. The SMILES string of the molecule is CCC1CCCCC1Nc1cc(O)n(-c2ccccc2)c1O. The van der Waals surface area contributed by atoms with E-state index in [0.717, 1.165) is 18.5 Å². The van der Waals surface area contributed by atoms with Gasteiger partial charge in [0.05, 0.1) is 5.69 Å². The minimum Gasteiger partial charge on any atom is -0.494 e. The van der Waals surface area contributed by atoms with Gasteiger partial charge in [0, 0.05) is 12.1 Å². The van der Waals surface area contributed by atoms with E-state index in [4.69, 9.17) is 0 Å². The number of aromatic nitrogens is 1. The number of hydrogen-bond donors (Lipinski definition) is 3. The number of anilines is 1. The molecule has 1 heterocycles. The maximum atomic E-state index is 10.5. The van der Waals surface area contributed by atoms with E-state index >= 15 is 0 Å². The van der Waals surface area contributed by atoms with Gasteiger partial charge in [-0.2, -0.15) is 0 Å². The Kier molecular flexibility index (Phi) is 4.27. The third-order valence-corrected chi connectivity index (χ3v) is 4.74. The van der Waals surface area contributed by atoms with Crippen molar-refractivity contribution in [1.29, 1.82) is 0 Å². The Morgan fingerprint density at radius 1 is 1.14 bits per heavy atom. The van der Waals surface area contributed by atoms with Gasteiger partial charge in [-0.1, -0.05) is 44.4 Å². The maximum Gasteiger partial charge on any atom is 0.222 e. The smallest absolute Gasteiger partial charge is 0.222 e. The lowest BCUT2D eigenvalue weighted by atomic mass is 9.83. The number of aromatic hydroxyl groups is 2. The molecule has 1 aromatic heterocycles. The second kappa shape index (κ2) is 6.34. The van der Waals surface area contributed by atoms with Crippen molar-refractivity contribution in [2.45, 2.75) is 45.1 Å². The quantitative estimate of drug-likeness (QED) is 0.790. The molecule has 2 aromatic rings. The zero-order chi connectivity index (χ0) is 15.5. The molecule has 22 heavy (non-hydrogen) atoms. The molecule has 2 unspecified atom stereocenters. The average Bonchev–Trinajstić information content (AvgIpc) is 2.83. The van der Waals surface area contributed by atoms with Crippen LogP contribution in [0.4, 0.5) is 5.69 Å². The first-order chi connectivity index (χ1) is 10.7. The zero-order valence-electron chi connectivity index (χ0n) is 13.0. The van der Waals surface area contributed by atoms with Gasteiger partial charge in [-0.05, 0) is 30.9 Å². The van der Waals surface area contributed by atoms with E-state index in [1.807, 2.05) is 30.3 Å². The van der Waals surface area contributed by atoms with Crippen molar-refractivity contribution < 1.29 is 10.2 Å². The van der Waals surface area contributed by atoms with E-state index in [-0.39, 0.29) is 11.8 Å². The summed E-state index contributed by atoms with van der Waals surface area (Å²) in [6, 6.07) is 11.4. The first kappa shape index (κ1) is 14.8. The second-order valence-electron chi connectivity index (χ2n) is 6.11. The Labute approximate surface area is 131 Å². The standard InChI is InChI=1S/C18H24N2O2/c1-2-13-8-6-7-11-15(13)19-16-12-17(21)20(18(16)22)14-9-4-3-5-10-14/h3-5,9-10,12-13,15,19,21-22H,2,6-8,11H2,1H3. The third kappa shape index (κ3) is 2.78. The van der Waals surface area contributed by atoms with Crippen LogP contribution in [0.3, 0.4) is 0 Å². The molecule has 4 heteroatoms. The molecule has 1 aliphatic rings. The van der Waals surface area contributed by atoms with Crippen molar-refractivity contribution >= 4 is 5.69 Å². The predicted molar refractivity (Wildman–Crippen MR) is 88.8 cm³/mol. The molecule has 1 fully saturated rings. The van der Waals surface area contributed by atoms with Gasteiger partial charge in [-0.3, -0.25) is 0 Å². The van der Waals surface area contributed by atoms with Crippen molar-refractivity contribution in [2.75, 3.05) is 5.32 Å². The van der Waals surface area contributed by atoms with Crippen LogP contribution in [0.2, 0.25) is 0 Å². The summed E-state index contributed by atoms with van der Waals surface area (Å²) in [7, 11) is 0. The molecule has 4 nitrogen and oxygen atoms in total. The van der Waals surface area contributed by atoms with E-state index in [2.05, 4.69) is 12.2 Å². The molecule has 2 atom stereocenters. The molecule has 0 amide bonds. The molecule has 118 valence electrons. The van der Waals surface area contributed by atoms with E-state index in [9.17, 15) is 10.2 Å². The number of nitrogens with one attached hydrogen (secondary N) is 1. The van der Waals surface area contributed by atoms with Crippen molar-refractivity contribution in [2.24, 2.45) is 5.92 Å². The molecule has 1 aromatic carbocycles. The van der Waals surface area contributed by atoms with Crippen LogP contribution < -0.4 is 5.32 Å². The summed E-state index contributed by atoms with van der Waals surface area (Å²) in [5.74, 6) is 0.759. The van der Waals surface area contributed by atoms with E-state index in [1.54, 1.807) is 6.07 Å². The topological polar surface area (TPSA) is 57.4 Å². The van der Waals surface area contributed by atoms with Crippen LogP contribution in [-0.2, 0) is 0 Å². The zero-order valence-corrected chi connectivity index (χ0v) is 13.0. The van der Waals surface area contributed by atoms with Crippen LogP contribution in [0.1, 0.15) is 39.0 Å². The molecular weight excluding hydrogens is 276 g/mol. The largest absolute Gasteiger partial charge is 0.494 e. The molecule has 1 aliphatic carbocycles. The third-order valence-electron chi connectivity index (χ3n) is 4.74. The number of rotatable bonds is 4. The highest BCUT2D eigenvalue weighted by Gasteiger charge is 2.25. The fourth-order valence-electron chi connectivity index (χ4n) is 3.51. The summed E-state index contributed by atoms with van der Waals surface area (Å²) >= 11 is 0. The number of nitrogens with zero attached hydrogens (tertiary/aromatic N) is 1. The van der Waals surface area contributed by atoms with Crippen LogP contribution in [0, 0.1) is 5.92 Å². The normalized spacial score (nSPS) is 21.7. The second-order valence-corrected chi connectivity index (χ2v) is 6.11. The monoisotopic (exact) mass is 300 g/mol. The number of para-hydroxylation sites is 1. The van der Waals surface area contributed by atoms with Crippen LogP contribution in [0.25, 0.3) is 5.69 Å². The van der Waals surface area contributed by atoms with Gasteiger partial charge in [0.15, 0.2) is 0 Å². The Bertz CT molecular complexity index is 622. The molecule has 0 radical (unpaired) electrons. The molecular formula is C18H24N2O2. The lowest BCUT2D eigenvalue weighted by Crippen LogP contribution is -2.31. The fourth-order valence-corrected chi connectivity index (χ4v) is 3.51. The lowest BCUT2D eigenvalue weighted by molar-refractivity contribution is 0.316. The van der Waals surface area contributed by atoms with Gasteiger partial charge in [0.1, 0.15) is 5.69 Å². The Hall–Kier alpha value is -2.10. The highest BCUT2D eigenvalue weighted by Crippen LogP contribution is 2.38. The first-order valence-corrected chi connectivity index (χ1v) is 8.16. The van der Waals surface area contributed by atoms with E-state index in [1.165, 1.54) is 23.8 Å². The molecule has 3 N–H and O–H groups in total. The van der Waals surface area contributed by atoms with E-state index in [0.29, 0.717) is 17.6 Å². The molecule has 0 saturated heterocycles. The van der Waals surface area contributed by atoms with Crippen molar-refractivity contribution in [1.82, 2.24) is 4.57 Å². The molecule has 1 saturated carbocycles. The van der Waals surface area contributed by atoms with Gasteiger partial charge in [-0.25, -0.2) is 4.57 Å².